The van der Waals surface area contributed by atoms with Crippen molar-refractivity contribution in [3.8, 4) is 0 Å². The van der Waals surface area contributed by atoms with Crippen LogP contribution in [0.5, 0.6) is 0 Å². The van der Waals surface area contributed by atoms with Gasteiger partial charge < -0.3 is 19.7 Å². The maximum Gasteiger partial charge on any atom is 0.242 e. The Labute approximate surface area is 142 Å². The molecular weight excluding hydrogens is 302 g/mol. The molecule has 1 aromatic carbocycles. The highest BCUT2D eigenvalue weighted by molar-refractivity contribution is 5.83. The first kappa shape index (κ1) is 15.2. The van der Waals surface area contributed by atoms with Crippen LogP contribution in [0.15, 0.2) is 36.7 Å². The summed E-state index contributed by atoms with van der Waals surface area (Å²) >= 11 is 0. The van der Waals surface area contributed by atoms with E-state index in [2.05, 4.69) is 33.4 Å². The Morgan fingerprint density at radius 2 is 2.21 bits per heavy atom. The second-order valence-electron chi connectivity index (χ2n) is 6.50. The van der Waals surface area contributed by atoms with Gasteiger partial charge in [0.25, 0.3) is 0 Å². The number of carbonyl (C=O) groups is 1. The minimum Gasteiger partial charge on any atom is -0.362 e. The van der Waals surface area contributed by atoms with E-state index in [1.165, 1.54) is 11.3 Å². The van der Waals surface area contributed by atoms with Gasteiger partial charge >= 0.3 is 0 Å². The van der Waals surface area contributed by atoms with Crippen LogP contribution in [0.4, 0.5) is 5.69 Å². The van der Waals surface area contributed by atoms with Gasteiger partial charge in [-0.2, -0.15) is 0 Å². The Morgan fingerprint density at radius 1 is 1.33 bits per heavy atom. The van der Waals surface area contributed by atoms with Crippen molar-refractivity contribution in [3.05, 3.63) is 48.0 Å². The summed E-state index contributed by atoms with van der Waals surface area (Å²) in [5, 5.41) is 3.38. The van der Waals surface area contributed by atoms with Crippen LogP contribution < -0.4 is 10.2 Å². The zero-order chi connectivity index (χ0) is 16.5. The topological polar surface area (TPSA) is 53.4 Å². The summed E-state index contributed by atoms with van der Waals surface area (Å²) in [5.74, 6) is 1.12. The lowest BCUT2D eigenvalue weighted by Crippen LogP contribution is -2.52. The van der Waals surface area contributed by atoms with Gasteiger partial charge in [0, 0.05) is 51.3 Å². The lowest BCUT2D eigenvalue weighted by Gasteiger charge is -2.37. The number of anilines is 1. The number of nitrogens with zero attached hydrogens (tertiary/aromatic N) is 4. The Balaban J connectivity index is 1.52. The number of aryl methyl sites for hydroxylation is 1. The first-order chi connectivity index (χ1) is 11.7. The molecule has 1 saturated heterocycles. The SMILES string of the molecule is Cn1ccnc1C1CNCCN1C(=O)CN1CCc2ccccc21. The number of piperazine rings is 1. The highest BCUT2D eigenvalue weighted by atomic mass is 16.2. The number of aromatic nitrogens is 2. The van der Waals surface area contributed by atoms with Crippen molar-refractivity contribution in [3.63, 3.8) is 0 Å². The maximum atomic E-state index is 13.0. The molecule has 1 amide bonds. The van der Waals surface area contributed by atoms with Gasteiger partial charge in [-0.3, -0.25) is 4.79 Å². The van der Waals surface area contributed by atoms with Crippen molar-refractivity contribution in [1.29, 1.82) is 0 Å². The third-order valence-electron chi connectivity index (χ3n) is 5.03. The van der Waals surface area contributed by atoms with Crippen LogP contribution in [0.25, 0.3) is 0 Å². The highest BCUT2D eigenvalue weighted by Crippen LogP contribution is 2.28. The number of para-hydroxylation sites is 1. The molecule has 1 aromatic heterocycles. The number of hydrogen-bond acceptors (Lipinski definition) is 4. The third kappa shape index (κ3) is 2.67. The summed E-state index contributed by atoms with van der Waals surface area (Å²) in [7, 11) is 1.98. The van der Waals surface area contributed by atoms with Crippen molar-refractivity contribution in [2.45, 2.75) is 12.5 Å². The van der Waals surface area contributed by atoms with E-state index in [0.717, 1.165) is 38.4 Å². The quantitative estimate of drug-likeness (QED) is 0.913. The monoisotopic (exact) mass is 325 g/mol. The van der Waals surface area contributed by atoms with Crippen LogP contribution in [-0.2, 0) is 18.3 Å². The van der Waals surface area contributed by atoms with Crippen molar-refractivity contribution in [2.24, 2.45) is 7.05 Å². The average molecular weight is 325 g/mol. The summed E-state index contributed by atoms with van der Waals surface area (Å²) in [6, 6.07) is 8.38. The van der Waals surface area contributed by atoms with Crippen LogP contribution in [0.2, 0.25) is 0 Å². The molecule has 0 bridgehead atoms. The van der Waals surface area contributed by atoms with Gasteiger partial charge in [0.2, 0.25) is 5.91 Å². The number of amides is 1. The summed E-state index contributed by atoms with van der Waals surface area (Å²) in [5.41, 5.74) is 2.54. The predicted octanol–water partition coefficient (Wildman–Crippen LogP) is 0.956. The molecule has 2 aliphatic heterocycles. The number of carbonyl (C=O) groups excluding carboxylic acids is 1. The molecule has 126 valence electrons. The standard InChI is InChI=1S/C18H23N5O/c1-21-10-8-20-18(21)16-12-19-7-11-23(16)17(24)13-22-9-6-14-4-2-3-5-15(14)22/h2-5,8,10,16,19H,6-7,9,11-13H2,1H3. The molecule has 0 aliphatic carbocycles. The molecule has 2 aliphatic rings. The number of nitrogens with one attached hydrogen (secondary N) is 1. The molecule has 0 radical (unpaired) electrons. The molecule has 24 heavy (non-hydrogen) atoms. The van der Waals surface area contributed by atoms with Gasteiger partial charge in [0.15, 0.2) is 0 Å². The normalized spacial score (nSPS) is 20.3. The lowest BCUT2D eigenvalue weighted by molar-refractivity contribution is -0.133. The van der Waals surface area contributed by atoms with Gasteiger partial charge in [-0.1, -0.05) is 18.2 Å². The van der Waals surface area contributed by atoms with Gasteiger partial charge in [0.1, 0.15) is 11.9 Å². The van der Waals surface area contributed by atoms with Crippen LogP contribution in [0, 0.1) is 0 Å². The first-order valence-corrected chi connectivity index (χ1v) is 8.54. The van der Waals surface area contributed by atoms with Crippen molar-refractivity contribution in [1.82, 2.24) is 19.8 Å². The fourth-order valence-electron chi connectivity index (χ4n) is 3.76. The Morgan fingerprint density at radius 3 is 3.04 bits per heavy atom. The fraction of sp³-hybridized carbons (Fsp3) is 0.444. The van der Waals surface area contributed by atoms with Crippen molar-refractivity contribution in [2.75, 3.05) is 37.6 Å². The molecular formula is C18H23N5O. The maximum absolute atomic E-state index is 13.0. The zero-order valence-electron chi connectivity index (χ0n) is 14.0. The molecule has 1 N–H and O–H groups in total. The summed E-state index contributed by atoms with van der Waals surface area (Å²) in [6.45, 7) is 3.68. The minimum atomic E-state index is 0.00379. The van der Waals surface area contributed by atoms with E-state index in [4.69, 9.17) is 0 Å². The molecule has 4 rings (SSSR count). The van der Waals surface area contributed by atoms with Gasteiger partial charge in [-0.15, -0.1) is 0 Å². The molecule has 6 heteroatoms. The van der Waals surface area contributed by atoms with Crippen LogP contribution in [0.1, 0.15) is 17.4 Å². The summed E-state index contributed by atoms with van der Waals surface area (Å²) in [4.78, 5) is 21.6. The van der Waals surface area contributed by atoms with E-state index >= 15 is 0 Å². The van der Waals surface area contributed by atoms with Gasteiger partial charge in [-0.05, 0) is 18.1 Å². The van der Waals surface area contributed by atoms with Crippen LogP contribution in [-0.4, -0.2) is 53.1 Å². The molecule has 0 spiro atoms. The second kappa shape index (κ2) is 6.28. The fourth-order valence-corrected chi connectivity index (χ4v) is 3.76. The molecule has 0 saturated carbocycles. The zero-order valence-corrected chi connectivity index (χ0v) is 14.0. The smallest absolute Gasteiger partial charge is 0.242 e. The molecule has 1 unspecified atom stereocenters. The number of benzene rings is 1. The van der Waals surface area contributed by atoms with E-state index in [1.54, 1.807) is 6.20 Å². The van der Waals surface area contributed by atoms with E-state index in [9.17, 15) is 4.79 Å². The largest absolute Gasteiger partial charge is 0.362 e. The Kier molecular flexibility index (Phi) is 3.98. The number of rotatable bonds is 3. The van der Waals surface area contributed by atoms with Gasteiger partial charge in [0.05, 0.1) is 6.54 Å². The molecule has 2 aromatic rings. The summed E-state index contributed by atoms with van der Waals surface area (Å²) in [6.07, 6.45) is 4.75. The predicted molar refractivity (Wildman–Crippen MR) is 92.9 cm³/mol. The molecule has 1 atom stereocenters. The molecule has 1 fully saturated rings. The highest BCUT2D eigenvalue weighted by Gasteiger charge is 2.32. The van der Waals surface area contributed by atoms with Crippen molar-refractivity contribution < 1.29 is 4.79 Å². The van der Waals surface area contributed by atoms with E-state index < -0.39 is 0 Å². The number of hydrogen-bond donors (Lipinski definition) is 1. The van der Waals surface area contributed by atoms with E-state index in [1.807, 2.05) is 28.8 Å². The third-order valence-corrected chi connectivity index (χ3v) is 5.03. The number of imidazole rings is 1. The van der Waals surface area contributed by atoms with Crippen LogP contribution >= 0.6 is 0 Å². The molecule has 6 nitrogen and oxygen atoms in total. The summed E-state index contributed by atoms with van der Waals surface area (Å²) < 4.78 is 2.00. The van der Waals surface area contributed by atoms with Crippen molar-refractivity contribution >= 4 is 11.6 Å². The van der Waals surface area contributed by atoms with E-state index in [-0.39, 0.29) is 11.9 Å². The minimum absolute atomic E-state index is 0.00379. The Hall–Kier alpha value is -2.34. The van der Waals surface area contributed by atoms with Gasteiger partial charge in [-0.25, -0.2) is 4.98 Å². The second-order valence-corrected chi connectivity index (χ2v) is 6.50. The first-order valence-electron chi connectivity index (χ1n) is 8.54. The van der Waals surface area contributed by atoms with Crippen LogP contribution in [0.3, 0.4) is 0 Å². The van der Waals surface area contributed by atoms with E-state index in [0.29, 0.717) is 6.54 Å². The molecule has 3 heterocycles. The Bertz CT molecular complexity index is 741. The number of fused-ring (bicyclic) bond motifs is 1. The lowest BCUT2D eigenvalue weighted by atomic mass is 10.1. The average Bonchev–Trinajstić information content (AvgIpc) is 3.21.